The first kappa shape index (κ1) is 40.4. The monoisotopic (exact) mass is 752 g/mol. The number of hydrogen-bond acceptors (Lipinski definition) is 7. The molecular weight excluding hydrogens is 679 g/mol. The average Bonchev–Trinajstić information content (AvgIpc) is 3.51. The molecule has 9 nitrogen and oxygen atoms in total. The van der Waals surface area contributed by atoms with Crippen molar-refractivity contribution >= 4 is 17.7 Å². The van der Waals surface area contributed by atoms with Crippen molar-refractivity contribution in [2.45, 2.75) is 179 Å². The number of nitrogens with one attached hydrogen (secondary N) is 1. The SMILES string of the molecule is CC/C(=C(\C1CCC(O)CC1)C1CCC(OCCCN2CCCC(OCCC3CCC4C(=O)N(C5CCC(=O)NC5=O)CC4C3)C2)CC1)C1CCCCC1. The van der Waals surface area contributed by atoms with E-state index in [1.807, 2.05) is 11.1 Å². The van der Waals surface area contributed by atoms with Gasteiger partial charge in [0.15, 0.2) is 0 Å². The fraction of sp³-hybridized carbons (Fsp3) is 0.889. The summed E-state index contributed by atoms with van der Waals surface area (Å²) < 4.78 is 13.0. The van der Waals surface area contributed by atoms with Gasteiger partial charge >= 0.3 is 0 Å². The number of imide groups is 1. The normalized spacial score (nSPS) is 36.5. The number of nitrogens with zero attached hydrogens (tertiary/aromatic N) is 2. The lowest BCUT2D eigenvalue weighted by molar-refractivity contribution is -0.144. The topological polar surface area (TPSA) is 108 Å². The minimum atomic E-state index is -0.479. The summed E-state index contributed by atoms with van der Waals surface area (Å²) in [5, 5.41) is 12.7. The molecule has 7 aliphatic rings. The molecule has 3 saturated heterocycles. The van der Waals surface area contributed by atoms with Gasteiger partial charge in [-0.2, -0.15) is 0 Å². The maximum Gasteiger partial charge on any atom is 0.249 e. The van der Waals surface area contributed by atoms with Crippen molar-refractivity contribution in [2.75, 3.05) is 39.4 Å². The van der Waals surface area contributed by atoms with Gasteiger partial charge in [0, 0.05) is 45.2 Å². The number of allylic oxidation sites excluding steroid dienone is 2. The maximum atomic E-state index is 13.2. The Morgan fingerprint density at radius 2 is 1.50 bits per heavy atom. The summed E-state index contributed by atoms with van der Waals surface area (Å²) in [4.78, 5) is 41.6. The van der Waals surface area contributed by atoms with Gasteiger partial charge in [-0.05, 0) is 158 Å². The molecule has 2 N–H and O–H groups in total. The van der Waals surface area contributed by atoms with Crippen molar-refractivity contribution < 1.29 is 29.0 Å². The highest BCUT2D eigenvalue weighted by Gasteiger charge is 2.48. The molecule has 9 heteroatoms. The van der Waals surface area contributed by atoms with E-state index in [1.54, 1.807) is 4.90 Å². The van der Waals surface area contributed by atoms with E-state index in [1.165, 1.54) is 83.5 Å². The number of hydrogen-bond donors (Lipinski definition) is 2. The first-order valence-electron chi connectivity index (χ1n) is 22.9. The van der Waals surface area contributed by atoms with Gasteiger partial charge in [0.05, 0.1) is 18.3 Å². The number of ether oxygens (including phenoxy) is 2. The molecule has 5 unspecified atom stereocenters. The molecule has 0 aromatic carbocycles. The molecule has 0 radical (unpaired) electrons. The van der Waals surface area contributed by atoms with Crippen molar-refractivity contribution in [3.05, 3.63) is 11.1 Å². The minimum Gasteiger partial charge on any atom is -0.393 e. The van der Waals surface area contributed by atoms with Gasteiger partial charge in [-0.15, -0.1) is 0 Å². The second-order valence-electron chi connectivity index (χ2n) is 18.6. The fourth-order valence-electron chi connectivity index (χ4n) is 12.2. The quantitative estimate of drug-likeness (QED) is 0.109. The average molecular weight is 752 g/mol. The number of fused-ring (bicyclic) bond motifs is 1. The largest absolute Gasteiger partial charge is 0.393 e. The smallest absolute Gasteiger partial charge is 0.249 e. The van der Waals surface area contributed by atoms with Gasteiger partial charge in [0.2, 0.25) is 17.7 Å². The van der Waals surface area contributed by atoms with E-state index < -0.39 is 6.04 Å². The van der Waals surface area contributed by atoms with Gasteiger partial charge in [-0.25, -0.2) is 0 Å². The standard InChI is InChI=1S/C45H73N3O6/c1-2-39(32-8-4-3-5-9-32)43(33-12-16-36(49)17-13-33)34-14-18-37(19-15-34)53-26-7-25-47-24-6-10-38(30-47)54-27-23-31-11-20-40-35(28-31)29-48(45(40)52)41-21-22-42(50)46-44(41)51/h31-38,40-41,49H,2-30H2,1H3,(H,46,50,51)/b43-39-. The van der Waals surface area contributed by atoms with Crippen molar-refractivity contribution in [1.82, 2.24) is 15.1 Å². The molecule has 0 aromatic heterocycles. The Morgan fingerprint density at radius 3 is 2.24 bits per heavy atom. The molecule has 304 valence electrons. The van der Waals surface area contributed by atoms with Crippen LogP contribution < -0.4 is 5.32 Å². The van der Waals surface area contributed by atoms with Gasteiger partial charge in [0.25, 0.3) is 0 Å². The number of carbonyl (C=O) groups excluding carboxylic acids is 3. The Labute approximate surface area is 326 Å². The Kier molecular flexibility index (Phi) is 14.6. The van der Waals surface area contributed by atoms with Crippen molar-refractivity contribution in [1.29, 1.82) is 0 Å². The summed E-state index contributed by atoms with van der Waals surface area (Å²) in [5.74, 6) is 2.76. The zero-order chi connectivity index (χ0) is 37.4. The van der Waals surface area contributed by atoms with Crippen molar-refractivity contribution in [3.8, 4) is 0 Å². The zero-order valence-electron chi connectivity index (χ0n) is 33.7. The third kappa shape index (κ3) is 10.2. The molecule has 3 heterocycles. The highest BCUT2D eigenvalue weighted by Crippen LogP contribution is 2.46. The summed E-state index contributed by atoms with van der Waals surface area (Å²) >= 11 is 0. The Hall–Kier alpha value is -1.81. The van der Waals surface area contributed by atoms with Crippen LogP contribution in [0.1, 0.15) is 155 Å². The van der Waals surface area contributed by atoms with Crippen LogP contribution in [0.4, 0.5) is 0 Å². The lowest BCUT2D eigenvalue weighted by Gasteiger charge is -2.39. The number of aliphatic hydroxyl groups is 1. The molecule has 3 aliphatic heterocycles. The summed E-state index contributed by atoms with van der Waals surface area (Å²) in [6, 6.07) is -0.479. The molecule has 7 fully saturated rings. The zero-order valence-corrected chi connectivity index (χ0v) is 33.7. The molecule has 0 spiro atoms. The van der Waals surface area contributed by atoms with E-state index in [0.717, 1.165) is 96.1 Å². The number of rotatable bonds is 14. The second-order valence-corrected chi connectivity index (χ2v) is 18.6. The number of carbonyl (C=O) groups is 3. The molecule has 0 bridgehead atoms. The van der Waals surface area contributed by atoms with Gasteiger partial charge < -0.3 is 24.4 Å². The van der Waals surface area contributed by atoms with Crippen LogP contribution in [0.3, 0.4) is 0 Å². The second kappa shape index (κ2) is 19.6. The molecule has 54 heavy (non-hydrogen) atoms. The van der Waals surface area contributed by atoms with Crippen molar-refractivity contribution in [2.24, 2.45) is 35.5 Å². The molecule has 5 atom stereocenters. The van der Waals surface area contributed by atoms with E-state index in [-0.39, 0.29) is 29.7 Å². The summed E-state index contributed by atoms with van der Waals surface area (Å²) in [6.45, 7) is 7.97. The number of piperidine rings is 2. The summed E-state index contributed by atoms with van der Waals surface area (Å²) in [6.07, 6.45) is 26.4. The number of aliphatic hydroxyl groups excluding tert-OH is 1. The van der Waals surface area contributed by atoms with E-state index in [0.29, 0.717) is 49.3 Å². The molecule has 3 amide bonds. The maximum absolute atomic E-state index is 13.2. The van der Waals surface area contributed by atoms with Crippen LogP contribution in [0.5, 0.6) is 0 Å². The third-order valence-corrected chi connectivity index (χ3v) is 15.1. The highest BCUT2D eigenvalue weighted by molar-refractivity contribution is 6.02. The number of amides is 3. The number of likely N-dealkylation sites (tertiary alicyclic amines) is 2. The van der Waals surface area contributed by atoms with Crippen LogP contribution >= 0.6 is 0 Å². The van der Waals surface area contributed by atoms with E-state index >= 15 is 0 Å². The van der Waals surface area contributed by atoms with Gasteiger partial charge in [0.1, 0.15) is 6.04 Å². The Balaban J connectivity index is 0.788. The van der Waals surface area contributed by atoms with Crippen LogP contribution in [-0.4, -0.2) is 96.4 Å². The van der Waals surface area contributed by atoms with E-state index in [4.69, 9.17) is 9.47 Å². The van der Waals surface area contributed by atoms with Gasteiger partial charge in [-0.1, -0.05) is 37.3 Å². The van der Waals surface area contributed by atoms with Gasteiger partial charge in [-0.3, -0.25) is 19.7 Å². The first-order chi connectivity index (χ1) is 26.4. The van der Waals surface area contributed by atoms with E-state index in [9.17, 15) is 19.5 Å². The lowest BCUT2D eigenvalue weighted by atomic mass is 9.68. The van der Waals surface area contributed by atoms with E-state index in [2.05, 4.69) is 17.1 Å². The van der Waals surface area contributed by atoms with Crippen LogP contribution in [-0.2, 0) is 23.9 Å². The molecule has 4 saturated carbocycles. The molecule has 7 rings (SSSR count). The summed E-state index contributed by atoms with van der Waals surface area (Å²) in [5.41, 5.74) is 3.69. The van der Waals surface area contributed by atoms with Crippen LogP contribution in [0.15, 0.2) is 11.1 Å². The predicted molar refractivity (Wildman–Crippen MR) is 210 cm³/mol. The Bertz CT molecular complexity index is 1280. The highest BCUT2D eigenvalue weighted by atomic mass is 16.5. The molecule has 0 aromatic rings. The third-order valence-electron chi connectivity index (χ3n) is 15.1. The Morgan fingerprint density at radius 1 is 0.759 bits per heavy atom. The summed E-state index contributed by atoms with van der Waals surface area (Å²) in [7, 11) is 0. The van der Waals surface area contributed by atoms with Crippen LogP contribution in [0.25, 0.3) is 0 Å². The lowest BCUT2D eigenvalue weighted by Crippen LogP contribution is -2.53. The van der Waals surface area contributed by atoms with Crippen molar-refractivity contribution in [3.63, 3.8) is 0 Å². The molecular formula is C45H73N3O6. The van der Waals surface area contributed by atoms with Crippen LogP contribution in [0.2, 0.25) is 0 Å². The van der Waals surface area contributed by atoms with Crippen LogP contribution in [0, 0.1) is 35.5 Å². The first-order valence-corrected chi connectivity index (χ1v) is 22.9. The molecule has 4 aliphatic carbocycles. The predicted octanol–water partition coefficient (Wildman–Crippen LogP) is 7.34. The fourth-order valence-corrected chi connectivity index (χ4v) is 12.2. The minimum absolute atomic E-state index is 0.0382.